The number of benzene rings is 3. The molecule has 0 aliphatic carbocycles. The Morgan fingerprint density at radius 2 is 1.86 bits per heavy atom. The van der Waals surface area contributed by atoms with Crippen LogP contribution in [0.25, 0.3) is 11.1 Å². The minimum atomic E-state index is -0.949. The lowest BCUT2D eigenvalue weighted by atomic mass is 9.94. The summed E-state index contributed by atoms with van der Waals surface area (Å²) in [5, 5.41) is 23.5. The summed E-state index contributed by atoms with van der Waals surface area (Å²) in [7, 11) is 0. The molecule has 0 radical (unpaired) electrons. The fourth-order valence-corrected chi connectivity index (χ4v) is 4.51. The number of hydrogen-bond acceptors (Lipinski definition) is 4. The van der Waals surface area contributed by atoms with E-state index in [1.54, 1.807) is 25.1 Å². The quantitative estimate of drug-likeness (QED) is 0.284. The molecule has 0 saturated carbocycles. The molecule has 0 bridgehead atoms. The fourth-order valence-electron chi connectivity index (χ4n) is 4.27. The van der Waals surface area contributed by atoms with Crippen molar-refractivity contribution in [2.24, 2.45) is 0 Å². The molecular formula is C29H33ClFNO4. The lowest BCUT2D eigenvalue weighted by molar-refractivity contribution is -0.00397. The van der Waals surface area contributed by atoms with Gasteiger partial charge in [-0.3, -0.25) is 0 Å². The molecule has 0 saturated heterocycles. The molecule has 36 heavy (non-hydrogen) atoms. The first-order valence-electron chi connectivity index (χ1n) is 11.9. The van der Waals surface area contributed by atoms with E-state index in [0.29, 0.717) is 23.6 Å². The molecule has 0 spiro atoms. The number of ether oxygens (including phenoxy) is 1. The van der Waals surface area contributed by atoms with E-state index in [4.69, 9.17) is 16.3 Å². The summed E-state index contributed by atoms with van der Waals surface area (Å²) in [6.07, 6.45) is -0.494. The molecule has 2 atom stereocenters. The van der Waals surface area contributed by atoms with Crippen molar-refractivity contribution in [2.45, 2.75) is 51.9 Å². The molecule has 0 heterocycles. The standard InChI is InChI=1S/C29H33ClFNO4/c1-18-11-21(9-10-25(18)28(34)35)27-8-6-5-7-26(27)19(2)36-17-24(33)16-32-29(3,4)15-20-12-22(30)14-23(31)13-20/h5-14,19,24,32-33H,15-17H2,1-4H3,(H,34,35)/t19?,24-/m1/s1. The van der Waals surface area contributed by atoms with Gasteiger partial charge in [0.05, 0.1) is 24.4 Å². The Bertz CT molecular complexity index is 1190. The Labute approximate surface area is 216 Å². The third-order valence-corrected chi connectivity index (χ3v) is 6.31. The second kappa shape index (κ2) is 12.0. The van der Waals surface area contributed by atoms with Gasteiger partial charge in [0.25, 0.3) is 0 Å². The number of aliphatic hydroxyl groups is 1. The van der Waals surface area contributed by atoms with Gasteiger partial charge < -0.3 is 20.3 Å². The molecule has 5 nitrogen and oxygen atoms in total. The van der Waals surface area contributed by atoms with Crippen molar-refractivity contribution in [3.05, 3.63) is 93.8 Å². The van der Waals surface area contributed by atoms with Crippen LogP contribution in [-0.2, 0) is 11.2 Å². The maximum Gasteiger partial charge on any atom is 0.335 e. The second-order valence-electron chi connectivity index (χ2n) is 9.77. The smallest absolute Gasteiger partial charge is 0.335 e. The Hall–Kier alpha value is -2.77. The van der Waals surface area contributed by atoms with Crippen LogP contribution >= 0.6 is 11.6 Å². The number of β-amino-alcohol motifs (C(OH)–C–C–N with tert-alkyl or cyclic N) is 1. The predicted molar refractivity (Wildman–Crippen MR) is 141 cm³/mol. The van der Waals surface area contributed by atoms with E-state index in [0.717, 1.165) is 22.3 Å². The average Bonchev–Trinajstić information content (AvgIpc) is 2.80. The number of halogens is 2. The highest BCUT2D eigenvalue weighted by Gasteiger charge is 2.21. The van der Waals surface area contributed by atoms with Crippen molar-refractivity contribution >= 4 is 17.6 Å². The molecule has 0 fully saturated rings. The summed E-state index contributed by atoms with van der Waals surface area (Å²) < 4.78 is 19.7. The van der Waals surface area contributed by atoms with Crippen LogP contribution in [0.15, 0.2) is 60.7 Å². The molecule has 192 valence electrons. The van der Waals surface area contributed by atoms with Crippen molar-refractivity contribution in [1.82, 2.24) is 5.32 Å². The topological polar surface area (TPSA) is 78.8 Å². The van der Waals surface area contributed by atoms with Crippen molar-refractivity contribution in [3.63, 3.8) is 0 Å². The zero-order valence-electron chi connectivity index (χ0n) is 21.0. The van der Waals surface area contributed by atoms with Crippen LogP contribution in [-0.4, -0.2) is 41.0 Å². The monoisotopic (exact) mass is 513 g/mol. The minimum Gasteiger partial charge on any atom is -0.478 e. The van der Waals surface area contributed by atoms with Gasteiger partial charge in [-0.15, -0.1) is 0 Å². The first kappa shape index (κ1) is 27.8. The first-order valence-corrected chi connectivity index (χ1v) is 12.3. The van der Waals surface area contributed by atoms with E-state index in [1.807, 2.05) is 51.1 Å². The summed E-state index contributed by atoms with van der Waals surface area (Å²) in [5.74, 6) is -1.32. The molecule has 3 aromatic rings. The average molecular weight is 514 g/mol. The third kappa shape index (κ3) is 7.61. The summed E-state index contributed by atoms with van der Waals surface area (Å²) in [6, 6.07) is 17.6. The van der Waals surface area contributed by atoms with Gasteiger partial charge in [-0.2, -0.15) is 0 Å². The normalized spacial score (nSPS) is 13.4. The first-order chi connectivity index (χ1) is 16.9. The Morgan fingerprint density at radius 1 is 1.14 bits per heavy atom. The molecule has 1 unspecified atom stereocenters. The van der Waals surface area contributed by atoms with E-state index in [1.165, 1.54) is 12.1 Å². The lowest BCUT2D eigenvalue weighted by Crippen LogP contribution is -2.46. The highest BCUT2D eigenvalue weighted by atomic mass is 35.5. The Morgan fingerprint density at radius 3 is 2.53 bits per heavy atom. The SMILES string of the molecule is Cc1cc(-c2ccccc2C(C)OC[C@H](O)CNC(C)(C)Cc2cc(F)cc(Cl)c2)ccc1C(=O)O. The van der Waals surface area contributed by atoms with Gasteiger partial charge in [0, 0.05) is 17.1 Å². The van der Waals surface area contributed by atoms with Gasteiger partial charge >= 0.3 is 5.97 Å². The van der Waals surface area contributed by atoms with Gasteiger partial charge in [0.15, 0.2) is 0 Å². The second-order valence-corrected chi connectivity index (χ2v) is 10.2. The molecule has 3 N–H and O–H groups in total. The van der Waals surface area contributed by atoms with Crippen LogP contribution in [0.5, 0.6) is 0 Å². The number of aryl methyl sites for hydroxylation is 1. The van der Waals surface area contributed by atoms with Gasteiger partial charge in [-0.05, 0) is 86.2 Å². The van der Waals surface area contributed by atoms with Crippen LogP contribution in [0, 0.1) is 12.7 Å². The number of carbonyl (C=O) groups is 1. The number of nitrogens with one attached hydrogen (secondary N) is 1. The van der Waals surface area contributed by atoms with Gasteiger partial charge in [0.1, 0.15) is 5.82 Å². The number of carboxylic acids is 1. The summed E-state index contributed by atoms with van der Waals surface area (Å²) in [5.41, 5.74) is 4.16. The highest BCUT2D eigenvalue weighted by Crippen LogP contribution is 2.31. The van der Waals surface area contributed by atoms with Gasteiger partial charge in [-0.25, -0.2) is 9.18 Å². The zero-order valence-corrected chi connectivity index (χ0v) is 21.8. The number of aromatic carboxylic acids is 1. The molecular weight excluding hydrogens is 481 g/mol. The van der Waals surface area contributed by atoms with Crippen LogP contribution in [0.3, 0.4) is 0 Å². The van der Waals surface area contributed by atoms with Crippen LogP contribution in [0.1, 0.15) is 53.9 Å². The number of rotatable bonds is 11. The van der Waals surface area contributed by atoms with Crippen molar-refractivity contribution in [2.75, 3.05) is 13.2 Å². The van der Waals surface area contributed by atoms with E-state index in [-0.39, 0.29) is 24.1 Å². The van der Waals surface area contributed by atoms with E-state index in [9.17, 15) is 19.4 Å². The van der Waals surface area contributed by atoms with E-state index >= 15 is 0 Å². The Balaban J connectivity index is 1.59. The molecule has 3 aromatic carbocycles. The predicted octanol–water partition coefficient (Wildman–Crippen LogP) is 6.20. The lowest BCUT2D eigenvalue weighted by Gasteiger charge is -2.28. The maximum absolute atomic E-state index is 13.7. The summed E-state index contributed by atoms with van der Waals surface area (Å²) in [6.45, 7) is 8.10. The third-order valence-electron chi connectivity index (χ3n) is 6.09. The van der Waals surface area contributed by atoms with Crippen LogP contribution < -0.4 is 5.32 Å². The van der Waals surface area contributed by atoms with Crippen molar-refractivity contribution in [1.29, 1.82) is 0 Å². The van der Waals surface area contributed by atoms with Gasteiger partial charge in [-0.1, -0.05) is 48.0 Å². The number of carboxylic acid groups (broad SMARTS) is 1. The molecule has 7 heteroatoms. The van der Waals surface area contributed by atoms with Crippen molar-refractivity contribution in [3.8, 4) is 11.1 Å². The zero-order chi connectivity index (χ0) is 26.5. The van der Waals surface area contributed by atoms with Crippen molar-refractivity contribution < 1.29 is 24.1 Å². The molecule has 3 rings (SSSR count). The number of aliphatic hydroxyl groups excluding tert-OH is 1. The van der Waals surface area contributed by atoms with Crippen LogP contribution in [0.2, 0.25) is 5.02 Å². The van der Waals surface area contributed by atoms with E-state index in [2.05, 4.69) is 5.32 Å². The molecule has 0 aromatic heterocycles. The van der Waals surface area contributed by atoms with Crippen LogP contribution in [0.4, 0.5) is 4.39 Å². The molecule has 0 aliphatic rings. The summed E-state index contributed by atoms with van der Waals surface area (Å²) in [4.78, 5) is 11.4. The largest absolute Gasteiger partial charge is 0.478 e. The highest BCUT2D eigenvalue weighted by molar-refractivity contribution is 6.30. The fraction of sp³-hybridized carbons (Fsp3) is 0.345. The summed E-state index contributed by atoms with van der Waals surface area (Å²) >= 11 is 5.96. The van der Waals surface area contributed by atoms with E-state index < -0.39 is 17.6 Å². The maximum atomic E-state index is 13.7. The van der Waals surface area contributed by atoms with Gasteiger partial charge in [0.2, 0.25) is 0 Å². The Kier molecular flexibility index (Phi) is 9.25. The minimum absolute atomic E-state index is 0.126. The molecule has 0 amide bonds. The number of hydrogen-bond donors (Lipinski definition) is 3. The molecule has 0 aliphatic heterocycles.